The molecule has 0 amide bonds. The van der Waals surface area contributed by atoms with Crippen molar-refractivity contribution in [3.63, 3.8) is 0 Å². The molecule has 0 spiro atoms. The van der Waals surface area contributed by atoms with Crippen molar-refractivity contribution < 1.29 is 5.11 Å². The molecular formula is C13H14ClNOS. The van der Waals surface area contributed by atoms with Gasteiger partial charge in [0.1, 0.15) is 0 Å². The van der Waals surface area contributed by atoms with Crippen LogP contribution in [-0.4, -0.2) is 10.1 Å². The largest absolute Gasteiger partial charge is 0.387 e. The van der Waals surface area contributed by atoms with E-state index < -0.39 is 6.10 Å². The first-order valence-electron chi connectivity index (χ1n) is 5.41. The van der Waals surface area contributed by atoms with Crippen molar-refractivity contribution in [2.45, 2.75) is 26.4 Å². The summed E-state index contributed by atoms with van der Waals surface area (Å²) in [4.78, 5) is 5.11. The van der Waals surface area contributed by atoms with Gasteiger partial charge in [-0.05, 0) is 36.4 Å². The van der Waals surface area contributed by atoms with E-state index in [-0.39, 0.29) is 0 Å². The van der Waals surface area contributed by atoms with Gasteiger partial charge in [0.2, 0.25) is 0 Å². The van der Waals surface area contributed by atoms with E-state index in [9.17, 15) is 5.11 Å². The van der Waals surface area contributed by atoms with Crippen LogP contribution in [0.5, 0.6) is 0 Å². The van der Waals surface area contributed by atoms with Gasteiger partial charge < -0.3 is 5.11 Å². The molecule has 0 aliphatic carbocycles. The highest BCUT2D eigenvalue weighted by atomic mass is 35.5. The van der Waals surface area contributed by atoms with E-state index in [0.717, 1.165) is 21.7 Å². The number of aliphatic hydroxyl groups is 1. The highest BCUT2D eigenvalue weighted by Gasteiger charge is 2.17. The molecule has 2 heterocycles. The van der Waals surface area contributed by atoms with Gasteiger partial charge in [-0.2, -0.15) is 0 Å². The van der Waals surface area contributed by atoms with Crippen LogP contribution in [0.1, 0.15) is 27.8 Å². The lowest BCUT2D eigenvalue weighted by atomic mass is 10.1. The molecule has 1 N–H and O–H groups in total. The molecule has 0 saturated heterocycles. The zero-order valence-electron chi connectivity index (χ0n) is 9.77. The van der Waals surface area contributed by atoms with Crippen LogP contribution in [-0.2, 0) is 6.42 Å². The van der Waals surface area contributed by atoms with Crippen LogP contribution in [0.15, 0.2) is 23.7 Å². The average molecular weight is 268 g/mol. The quantitative estimate of drug-likeness (QED) is 0.920. The van der Waals surface area contributed by atoms with Crippen molar-refractivity contribution in [2.24, 2.45) is 0 Å². The first-order valence-corrected chi connectivity index (χ1v) is 6.67. The zero-order valence-corrected chi connectivity index (χ0v) is 11.3. The number of aliphatic hydroxyl groups excluding tert-OH is 1. The van der Waals surface area contributed by atoms with Gasteiger partial charge in [-0.3, -0.25) is 4.98 Å². The van der Waals surface area contributed by atoms with Crippen LogP contribution in [0.2, 0.25) is 5.02 Å². The summed E-state index contributed by atoms with van der Waals surface area (Å²) in [6.45, 7) is 3.94. The maximum absolute atomic E-state index is 10.2. The van der Waals surface area contributed by atoms with E-state index in [4.69, 9.17) is 11.6 Å². The number of halogens is 1. The Kier molecular flexibility index (Phi) is 3.82. The topological polar surface area (TPSA) is 33.1 Å². The fourth-order valence-electron chi connectivity index (χ4n) is 1.68. The molecule has 0 fully saturated rings. The molecule has 0 saturated carbocycles. The molecule has 2 nitrogen and oxygen atoms in total. The molecular weight excluding hydrogens is 254 g/mol. The fraction of sp³-hybridized carbons (Fsp3) is 0.308. The predicted octanol–water partition coefficient (Wildman–Crippen LogP) is 3.69. The smallest absolute Gasteiger partial charge is 0.0952 e. The van der Waals surface area contributed by atoms with Crippen molar-refractivity contribution in [2.75, 3.05) is 0 Å². The predicted molar refractivity (Wildman–Crippen MR) is 71.7 cm³/mol. The molecule has 17 heavy (non-hydrogen) atoms. The number of rotatable bonds is 3. The van der Waals surface area contributed by atoms with E-state index >= 15 is 0 Å². The fourth-order valence-corrected chi connectivity index (χ4v) is 2.99. The minimum Gasteiger partial charge on any atom is -0.387 e. The maximum atomic E-state index is 10.2. The lowest BCUT2D eigenvalue weighted by Gasteiger charge is -2.10. The van der Waals surface area contributed by atoms with Crippen LogP contribution in [0.3, 0.4) is 0 Å². The molecule has 0 aromatic carbocycles. The monoisotopic (exact) mass is 267 g/mol. The van der Waals surface area contributed by atoms with Gasteiger partial charge in [0, 0.05) is 18.3 Å². The van der Waals surface area contributed by atoms with Crippen LogP contribution in [0.25, 0.3) is 0 Å². The molecule has 1 atom stereocenters. The average Bonchev–Trinajstić information content (AvgIpc) is 2.63. The van der Waals surface area contributed by atoms with Crippen LogP contribution in [0.4, 0.5) is 0 Å². The summed E-state index contributed by atoms with van der Waals surface area (Å²) >= 11 is 7.64. The molecule has 1 unspecified atom stereocenters. The van der Waals surface area contributed by atoms with Gasteiger partial charge in [-0.15, -0.1) is 11.3 Å². The molecule has 0 aliphatic heterocycles. The Hall–Kier alpha value is -0.900. The summed E-state index contributed by atoms with van der Waals surface area (Å²) in [6.07, 6.45) is 1.68. The molecule has 2 aromatic heterocycles. The normalized spacial score (nSPS) is 12.7. The summed E-state index contributed by atoms with van der Waals surface area (Å²) in [5, 5.41) is 12.8. The lowest BCUT2D eigenvalue weighted by Crippen LogP contribution is -2.03. The Labute approximate surface area is 110 Å². The van der Waals surface area contributed by atoms with Gasteiger partial charge in [-0.25, -0.2) is 0 Å². The SMILES string of the molecule is Cc1cccnc1CC(O)c1scc(C)c1Cl. The molecule has 0 bridgehead atoms. The molecule has 4 heteroatoms. The number of hydrogen-bond acceptors (Lipinski definition) is 3. The Balaban J connectivity index is 2.20. The summed E-state index contributed by atoms with van der Waals surface area (Å²) in [7, 11) is 0. The van der Waals surface area contributed by atoms with Gasteiger partial charge >= 0.3 is 0 Å². The van der Waals surface area contributed by atoms with Crippen molar-refractivity contribution in [3.05, 3.63) is 50.4 Å². The third kappa shape index (κ3) is 2.68. The van der Waals surface area contributed by atoms with Crippen molar-refractivity contribution in [3.8, 4) is 0 Å². The van der Waals surface area contributed by atoms with Gasteiger partial charge in [0.05, 0.1) is 16.0 Å². The minimum absolute atomic E-state index is 0.506. The molecule has 0 radical (unpaired) electrons. The molecule has 2 rings (SSSR count). The molecule has 2 aromatic rings. The third-order valence-corrected chi connectivity index (χ3v) is 4.55. The summed E-state index contributed by atoms with van der Waals surface area (Å²) in [6, 6.07) is 3.89. The van der Waals surface area contributed by atoms with Crippen LogP contribution < -0.4 is 0 Å². The summed E-state index contributed by atoms with van der Waals surface area (Å²) in [5.74, 6) is 0. The Morgan fingerprint density at radius 2 is 2.18 bits per heavy atom. The maximum Gasteiger partial charge on any atom is 0.0952 e. The first-order chi connectivity index (χ1) is 8.09. The van der Waals surface area contributed by atoms with Gasteiger partial charge in [0.15, 0.2) is 0 Å². The van der Waals surface area contributed by atoms with E-state index in [1.54, 1.807) is 6.20 Å². The van der Waals surface area contributed by atoms with E-state index in [1.165, 1.54) is 11.3 Å². The first kappa shape index (κ1) is 12.6. The second-order valence-corrected chi connectivity index (χ2v) is 5.37. The Morgan fingerprint density at radius 3 is 2.76 bits per heavy atom. The van der Waals surface area contributed by atoms with Crippen LogP contribution >= 0.6 is 22.9 Å². The second kappa shape index (κ2) is 5.17. The number of pyridine rings is 1. The second-order valence-electron chi connectivity index (χ2n) is 4.08. The molecule has 90 valence electrons. The van der Waals surface area contributed by atoms with E-state index in [2.05, 4.69) is 4.98 Å². The zero-order chi connectivity index (χ0) is 12.4. The minimum atomic E-state index is -0.574. The number of aryl methyl sites for hydroxylation is 2. The highest BCUT2D eigenvalue weighted by Crippen LogP contribution is 2.33. The molecule has 0 aliphatic rings. The van der Waals surface area contributed by atoms with Gasteiger partial charge in [-0.1, -0.05) is 17.7 Å². The standard InChI is InChI=1S/C13H14ClNOS/c1-8-4-3-5-15-10(8)6-11(16)13-12(14)9(2)7-17-13/h3-5,7,11,16H,6H2,1-2H3. The van der Waals surface area contributed by atoms with Crippen molar-refractivity contribution in [1.29, 1.82) is 0 Å². The van der Waals surface area contributed by atoms with Crippen LogP contribution in [0, 0.1) is 13.8 Å². The summed E-state index contributed by atoms with van der Waals surface area (Å²) in [5.41, 5.74) is 3.03. The van der Waals surface area contributed by atoms with E-state index in [1.807, 2.05) is 31.4 Å². The third-order valence-electron chi connectivity index (χ3n) is 2.73. The Bertz CT molecular complexity index is 524. The Morgan fingerprint density at radius 1 is 1.41 bits per heavy atom. The van der Waals surface area contributed by atoms with E-state index in [0.29, 0.717) is 11.4 Å². The number of hydrogen-bond donors (Lipinski definition) is 1. The number of thiophene rings is 1. The highest BCUT2D eigenvalue weighted by molar-refractivity contribution is 7.10. The summed E-state index contributed by atoms with van der Waals surface area (Å²) < 4.78 is 0. The number of nitrogens with zero attached hydrogens (tertiary/aromatic N) is 1. The number of aromatic nitrogens is 1. The van der Waals surface area contributed by atoms with Crippen molar-refractivity contribution in [1.82, 2.24) is 4.98 Å². The van der Waals surface area contributed by atoms with Gasteiger partial charge in [0.25, 0.3) is 0 Å². The van der Waals surface area contributed by atoms with Crippen molar-refractivity contribution >= 4 is 22.9 Å². The lowest BCUT2D eigenvalue weighted by molar-refractivity contribution is 0.181.